The van der Waals surface area contributed by atoms with Crippen LogP contribution in [0.15, 0.2) is 0 Å². The summed E-state index contributed by atoms with van der Waals surface area (Å²) in [5, 5.41) is 10.5. The molecule has 4 N–H and O–H groups in total. The van der Waals surface area contributed by atoms with Gasteiger partial charge in [0.25, 0.3) is 0 Å². The van der Waals surface area contributed by atoms with Gasteiger partial charge in [-0.3, -0.25) is 9.36 Å². The third kappa shape index (κ3) is 8.09. The minimum atomic E-state index is -2.84. The number of carboxylic acids is 1. The zero-order chi connectivity index (χ0) is 14.7. The maximum atomic E-state index is 12.2. The predicted octanol–water partition coefficient (Wildman–Crippen LogP) is 0.914. The molecule has 7 nitrogen and oxygen atoms in total. The third-order valence-corrected chi connectivity index (χ3v) is 4.77. The standard InChI is InChI=1S/C7H15Cl2N2O2P.C2H5NO2/c8-2-5-11(6-3-9)14(12)10-4-1-7-13-14;3-1-2(4)5/h1-7H2,(H,10,12);1,3H2,(H,4,5). The first kappa shape index (κ1) is 19.1. The van der Waals surface area contributed by atoms with E-state index in [9.17, 15) is 9.36 Å². The fourth-order valence-electron chi connectivity index (χ4n) is 1.28. The van der Waals surface area contributed by atoms with Crippen molar-refractivity contribution in [2.24, 2.45) is 5.73 Å². The first-order valence-electron chi connectivity index (χ1n) is 5.79. The molecule has 0 saturated carbocycles. The predicted molar refractivity (Wildman–Crippen MR) is 75.9 cm³/mol. The van der Waals surface area contributed by atoms with Gasteiger partial charge in [0.1, 0.15) is 0 Å². The number of aliphatic carboxylic acids is 1. The Kier molecular flexibility index (Phi) is 10.9. The van der Waals surface area contributed by atoms with Crippen LogP contribution in [-0.4, -0.2) is 60.3 Å². The zero-order valence-electron chi connectivity index (χ0n) is 10.6. The van der Waals surface area contributed by atoms with Gasteiger partial charge in [-0.2, -0.15) is 0 Å². The first-order chi connectivity index (χ1) is 9.00. The lowest BCUT2D eigenvalue weighted by molar-refractivity contribution is -0.135. The summed E-state index contributed by atoms with van der Waals surface area (Å²) < 4.78 is 19.2. The summed E-state index contributed by atoms with van der Waals surface area (Å²) >= 11 is 11.2. The molecule has 0 spiro atoms. The molecule has 0 amide bonds. The van der Waals surface area contributed by atoms with Gasteiger partial charge in [-0.25, -0.2) is 9.76 Å². The van der Waals surface area contributed by atoms with Gasteiger partial charge in [-0.1, -0.05) is 0 Å². The van der Waals surface area contributed by atoms with Crippen LogP contribution in [0.25, 0.3) is 0 Å². The lowest BCUT2D eigenvalue weighted by Gasteiger charge is -2.33. The number of nitrogens with two attached hydrogens (primary N) is 1. The largest absolute Gasteiger partial charge is 0.480 e. The molecular weight excluding hydrogens is 316 g/mol. The van der Waals surface area contributed by atoms with Crippen LogP contribution in [0, 0.1) is 0 Å². The average molecular weight is 336 g/mol. The number of nitrogens with zero attached hydrogens (tertiary/aromatic N) is 1. The van der Waals surface area contributed by atoms with Crippen molar-refractivity contribution >= 4 is 36.8 Å². The van der Waals surface area contributed by atoms with Crippen LogP contribution < -0.4 is 10.8 Å². The van der Waals surface area contributed by atoms with E-state index in [4.69, 9.17) is 32.8 Å². The molecule has 1 heterocycles. The van der Waals surface area contributed by atoms with Crippen molar-refractivity contribution in [1.29, 1.82) is 0 Å². The molecule has 0 aromatic heterocycles. The number of carbonyl (C=O) groups is 1. The molecule has 10 heteroatoms. The lowest BCUT2D eigenvalue weighted by atomic mass is 10.5. The second kappa shape index (κ2) is 10.9. The second-order valence-corrected chi connectivity index (χ2v) is 6.48. The molecule has 0 bridgehead atoms. The van der Waals surface area contributed by atoms with E-state index in [1.807, 2.05) is 0 Å². The van der Waals surface area contributed by atoms with Crippen molar-refractivity contribution in [2.45, 2.75) is 6.42 Å². The zero-order valence-corrected chi connectivity index (χ0v) is 13.0. The van der Waals surface area contributed by atoms with Crippen molar-refractivity contribution in [3.63, 3.8) is 0 Å². The monoisotopic (exact) mass is 335 g/mol. The van der Waals surface area contributed by atoms with Crippen molar-refractivity contribution in [2.75, 3.05) is 44.5 Å². The molecule has 1 rings (SSSR count). The van der Waals surface area contributed by atoms with Gasteiger partial charge >= 0.3 is 13.6 Å². The van der Waals surface area contributed by atoms with E-state index in [1.165, 1.54) is 0 Å². The highest BCUT2D eigenvalue weighted by molar-refractivity contribution is 7.54. The molecular formula is C9H20Cl2N3O4P. The van der Waals surface area contributed by atoms with Crippen LogP contribution in [0.2, 0.25) is 0 Å². The Balaban J connectivity index is 0.000000555. The summed E-state index contributed by atoms with van der Waals surface area (Å²) in [7, 11) is -2.84. The third-order valence-electron chi connectivity index (χ3n) is 2.13. The number of halogens is 2. The molecule has 1 saturated heterocycles. The fraction of sp³-hybridized carbons (Fsp3) is 0.889. The normalized spacial score (nSPS) is 22.7. The molecule has 0 aromatic carbocycles. The molecule has 1 aliphatic rings. The van der Waals surface area contributed by atoms with E-state index in [0.717, 1.165) is 13.0 Å². The minimum Gasteiger partial charge on any atom is -0.480 e. The van der Waals surface area contributed by atoms with Gasteiger partial charge in [-0.05, 0) is 6.42 Å². The highest BCUT2D eigenvalue weighted by Gasteiger charge is 2.32. The summed E-state index contributed by atoms with van der Waals surface area (Å²) in [5.41, 5.74) is 4.57. The Labute approximate surface area is 122 Å². The Morgan fingerprint density at radius 3 is 2.26 bits per heavy atom. The summed E-state index contributed by atoms with van der Waals surface area (Å²) in [6.45, 7) is 2.03. The average Bonchev–Trinajstić information content (AvgIpc) is 2.40. The maximum Gasteiger partial charge on any atom is 0.343 e. The summed E-state index contributed by atoms with van der Waals surface area (Å²) in [5.74, 6) is -0.123. The summed E-state index contributed by atoms with van der Waals surface area (Å²) in [6.07, 6.45) is 0.888. The van der Waals surface area contributed by atoms with E-state index < -0.39 is 13.6 Å². The molecule has 0 aromatic rings. The number of hydrogen-bond donors (Lipinski definition) is 3. The van der Waals surface area contributed by atoms with Crippen molar-refractivity contribution in [3.8, 4) is 0 Å². The molecule has 0 radical (unpaired) electrons. The lowest BCUT2D eigenvalue weighted by Crippen LogP contribution is -2.35. The van der Waals surface area contributed by atoms with E-state index in [2.05, 4.69) is 10.8 Å². The van der Waals surface area contributed by atoms with Crippen molar-refractivity contribution < 1.29 is 19.0 Å². The van der Waals surface area contributed by atoms with E-state index in [-0.39, 0.29) is 6.54 Å². The van der Waals surface area contributed by atoms with Gasteiger partial charge in [0.2, 0.25) is 0 Å². The van der Waals surface area contributed by atoms with Crippen LogP contribution in [0.4, 0.5) is 0 Å². The second-order valence-electron chi connectivity index (χ2n) is 3.54. The number of alkyl halides is 2. The van der Waals surface area contributed by atoms with Gasteiger partial charge in [-0.15, -0.1) is 23.2 Å². The smallest absolute Gasteiger partial charge is 0.343 e. The number of rotatable bonds is 6. The molecule has 1 unspecified atom stereocenters. The van der Waals surface area contributed by atoms with Crippen LogP contribution in [0.5, 0.6) is 0 Å². The maximum absolute atomic E-state index is 12.2. The minimum absolute atomic E-state index is 0.278. The Bertz CT molecular complexity index is 293. The van der Waals surface area contributed by atoms with Gasteiger partial charge in [0.05, 0.1) is 13.2 Å². The highest BCUT2D eigenvalue weighted by Crippen LogP contribution is 2.47. The Morgan fingerprint density at radius 2 is 1.95 bits per heavy atom. The van der Waals surface area contributed by atoms with Gasteiger partial charge in [0.15, 0.2) is 0 Å². The SMILES string of the molecule is NCC(=O)O.O=P1(N(CCCl)CCCl)NCCCO1. The molecule has 1 aliphatic heterocycles. The first-order valence-corrected chi connectivity index (χ1v) is 8.43. The number of nitrogens with one attached hydrogen (secondary N) is 1. The fourth-order valence-corrected chi connectivity index (χ4v) is 3.92. The molecule has 1 atom stereocenters. The Morgan fingerprint density at radius 1 is 1.42 bits per heavy atom. The van der Waals surface area contributed by atoms with E-state index in [1.54, 1.807) is 4.67 Å². The highest BCUT2D eigenvalue weighted by atomic mass is 35.5. The van der Waals surface area contributed by atoms with Crippen LogP contribution in [0.1, 0.15) is 6.42 Å². The van der Waals surface area contributed by atoms with Crippen molar-refractivity contribution in [3.05, 3.63) is 0 Å². The quantitative estimate of drug-likeness (QED) is 0.489. The molecule has 19 heavy (non-hydrogen) atoms. The summed E-state index contributed by atoms with van der Waals surface area (Å²) in [6, 6.07) is 0. The number of carboxylic acid groups (broad SMARTS) is 1. The van der Waals surface area contributed by atoms with Gasteiger partial charge in [0, 0.05) is 31.4 Å². The van der Waals surface area contributed by atoms with Crippen LogP contribution >= 0.6 is 30.9 Å². The molecule has 0 aliphatic carbocycles. The van der Waals surface area contributed by atoms with Crippen LogP contribution in [-0.2, 0) is 13.9 Å². The van der Waals surface area contributed by atoms with Crippen LogP contribution in [0.3, 0.4) is 0 Å². The van der Waals surface area contributed by atoms with E-state index >= 15 is 0 Å². The van der Waals surface area contributed by atoms with Gasteiger partial charge < -0.3 is 15.4 Å². The topological polar surface area (TPSA) is 105 Å². The molecule has 1 fully saturated rings. The number of hydrogen-bond acceptors (Lipinski definition) is 4. The Hall–Kier alpha value is 0.120. The molecule has 114 valence electrons. The van der Waals surface area contributed by atoms with E-state index in [0.29, 0.717) is 31.5 Å². The summed E-state index contributed by atoms with van der Waals surface area (Å²) in [4.78, 5) is 9.24. The van der Waals surface area contributed by atoms with Crippen molar-refractivity contribution in [1.82, 2.24) is 9.76 Å².